The molecule has 2 aliphatic rings. The Hall–Kier alpha value is -4.41. The van der Waals surface area contributed by atoms with Crippen LogP contribution in [-0.2, 0) is 50.9 Å². The van der Waals surface area contributed by atoms with Gasteiger partial charge in [0.1, 0.15) is 13.2 Å². The van der Waals surface area contributed by atoms with Crippen LogP contribution in [0.25, 0.3) is 44.4 Å². The van der Waals surface area contributed by atoms with Crippen LogP contribution in [0.1, 0.15) is 101 Å². The fourth-order valence-corrected chi connectivity index (χ4v) is 7.33. The zero-order valence-electron chi connectivity index (χ0n) is 43.0. The van der Waals surface area contributed by atoms with E-state index in [4.69, 9.17) is 82.6 Å². The van der Waals surface area contributed by atoms with Crippen LogP contribution < -0.4 is 14.5 Å². The molecule has 4 heterocycles. The Bertz CT molecular complexity index is 2240. The molecule has 1 aromatic carbocycles. The zero-order valence-corrected chi connectivity index (χ0v) is 44.6. The predicted octanol–water partition coefficient (Wildman–Crippen LogP) is 6.80. The Kier molecular flexibility index (Phi) is 32.3. The number of carboxylic acid groups (broad SMARTS) is 2. The molecule has 2 aromatic heterocycles. The topological polar surface area (TPSA) is 255 Å². The van der Waals surface area contributed by atoms with Crippen molar-refractivity contribution in [3.8, 4) is 11.5 Å². The smallest absolute Gasteiger partial charge is 0.300 e. The van der Waals surface area contributed by atoms with Crippen LogP contribution in [0.15, 0.2) is 36.7 Å². The number of aliphatic hydroxyl groups is 2. The first-order valence-corrected chi connectivity index (χ1v) is 23.9. The summed E-state index contributed by atoms with van der Waals surface area (Å²) in [5.74, 6) is -0.746. The molecule has 0 aliphatic carbocycles. The second-order valence-corrected chi connectivity index (χ2v) is 15.9. The third kappa shape index (κ3) is 22.0. The fourth-order valence-electron chi connectivity index (χ4n) is 7.33. The summed E-state index contributed by atoms with van der Waals surface area (Å²) < 4.78 is 45.3. The van der Waals surface area contributed by atoms with E-state index in [-0.39, 0.29) is 63.3 Å². The van der Waals surface area contributed by atoms with Crippen molar-refractivity contribution in [3.05, 3.63) is 70.6 Å². The Labute approximate surface area is 452 Å². The number of aromatic nitrogens is 5. The van der Waals surface area contributed by atoms with Gasteiger partial charge < -0.3 is 63.3 Å². The summed E-state index contributed by atoms with van der Waals surface area (Å²) in [6.07, 6.45) is 7.61. The maximum absolute atomic E-state index is 9.85. The molecule has 3 aromatic rings. The predicted molar refractivity (Wildman–Crippen MR) is 271 cm³/mol. The number of fused-ring (bicyclic) bond motifs is 7. The van der Waals surface area contributed by atoms with E-state index in [1.165, 1.54) is 11.1 Å². The van der Waals surface area contributed by atoms with Gasteiger partial charge in [0.25, 0.3) is 11.9 Å². The molecule has 2 aliphatic heterocycles. The number of nitrogens with zero attached hydrogens (tertiary/aromatic N) is 5. The monoisotopic (exact) mass is 1170 g/mol. The van der Waals surface area contributed by atoms with E-state index in [9.17, 15) is 10.2 Å². The third-order valence-corrected chi connectivity index (χ3v) is 10.7. The van der Waals surface area contributed by atoms with Gasteiger partial charge in [-0.25, -0.2) is 9.97 Å². The van der Waals surface area contributed by atoms with Crippen molar-refractivity contribution in [1.29, 1.82) is 0 Å². The van der Waals surface area contributed by atoms with Gasteiger partial charge in [0.15, 0.2) is 11.5 Å². The van der Waals surface area contributed by atoms with Gasteiger partial charge >= 0.3 is 0 Å². The summed E-state index contributed by atoms with van der Waals surface area (Å²) >= 11 is 0. The molecule has 20 heteroatoms. The van der Waals surface area contributed by atoms with Crippen LogP contribution >= 0.6 is 0 Å². The van der Waals surface area contributed by atoms with Crippen molar-refractivity contribution in [3.63, 3.8) is 0 Å². The van der Waals surface area contributed by atoms with Gasteiger partial charge in [0, 0.05) is 90.3 Å². The quantitative estimate of drug-likeness (QED) is 0.0546. The number of rotatable bonds is 28. The maximum atomic E-state index is 9.85. The van der Waals surface area contributed by atoms with Gasteiger partial charge in [-0.1, -0.05) is 37.1 Å². The summed E-state index contributed by atoms with van der Waals surface area (Å²) in [6.45, 7) is 15.6. The summed E-state index contributed by atoms with van der Waals surface area (Å²) in [4.78, 5) is 43.5. The number of hydrogen-bond donors (Lipinski definition) is 4. The molecule has 0 unspecified atom stereocenters. The van der Waals surface area contributed by atoms with Crippen molar-refractivity contribution in [2.75, 3.05) is 107 Å². The summed E-state index contributed by atoms with van der Waals surface area (Å²) in [7, 11) is 3.27. The molecule has 0 saturated carbocycles. The van der Waals surface area contributed by atoms with Crippen LogP contribution in [0, 0.1) is 36.9 Å². The number of hydrogen-bond acceptors (Lipinski definition) is 16. The molecule has 0 atom stereocenters. The van der Waals surface area contributed by atoms with E-state index < -0.39 is 11.9 Å². The van der Waals surface area contributed by atoms with E-state index in [0.717, 1.165) is 71.4 Å². The number of methoxy groups -OCH3 is 2. The molecule has 19 nitrogen and oxygen atoms in total. The number of ether oxygens (including phenoxy) is 8. The number of aliphatic hydroxyl groups excluding tert-OH is 2. The number of carbonyl (C=O) groups is 2. The second kappa shape index (κ2) is 36.5. The molecular formula is C52H74LuN5O14-. The fraction of sp³-hybridized carbons (Fsp3) is 0.538. The van der Waals surface area contributed by atoms with E-state index in [0.29, 0.717) is 126 Å². The van der Waals surface area contributed by atoms with Crippen molar-refractivity contribution < 1.29 is 105 Å². The third-order valence-electron chi connectivity index (χ3n) is 10.7. The molecule has 0 amide bonds. The van der Waals surface area contributed by atoms with Crippen LogP contribution in [0.5, 0.6) is 11.5 Å². The van der Waals surface area contributed by atoms with Gasteiger partial charge in [0.05, 0.1) is 112 Å². The maximum Gasteiger partial charge on any atom is 0.300 e. The summed E-state index contributed by atoms with van der Waals surface area (Å²) in [5.41, 5.74) is 12.2. The van der Waals surface area contributed by atoms with Gasteiger partial charge in [-0.3, -0.25) is 19.6 Å². The zero-order chi connectivity index (χ0) is 52.0. The number of aryl methyl sites for hydroxylation is 2. The van der Waals surface area contributed by atoms with Gasteiger partial charge in [-0.15, -0.1) is 11.0 Å². The SMILES string of the molecule is CC(=O)O.CC(=O)O.CCc1c(CC)c2cc3nc(cnc4cc(OCCOCCOCCOC)c(OCCOCCOCCOC)cc4ncc4nc(cc1[n-]2)C(CCCO)=C4C)C(C)=C3CCCO.[Lu]. The van der Waals surface area contributed by atoms with E-state index in [2.05, 4.69) is 26.0 Å². The molecule has 0 saturated heterocycles. The Morgan fingerprint density at radius 2 is 0.875 bits per heavy atom. The number of allylic oxidation sites excluding steroid dienone is 4. The van der Waals surface area contributed by atoms with Crippen molar-refractivity contribution in [2.24, 2.45) is 0 Å². The van der Waals surface area contributed by atoms with Crippen molar-refractivity contribution in [2.45, 2.75) is 80.1 Å². The minimum absolute atomic E-state index is 0. The average Bonchev–Trinajstić information content (AvgIpc) is 3.94. The molecule has 4 N–H and O–H groups in total. The molecule has 0 fully saturated rings. The van der Waals surface area contributed by atoms with Gasteiger partial charge in [-0.05, 0) is 74.7 Å². The van der Waals surface area contributed by atoms with Crippen LogP contribution in [0.3, 0.4) is 0 Å². The summed E-state index contributed by atoms with van der Waals surface area (Å²) in [5, 5.41) is 34.5. The molecule has 5 rings (SSSR count). The molecule has 6 bridgehead atoms. The number of aliphatic carboxylic acids is 2. The largest absolute Gasteiger partial charge is 0.657 e. The molecule has 72 heavy (non-hydrogen) atoms. The van der Waals surface area contributed by atoms with E-state index in [1.54, 1.807) is 26.6 Å². The van der Waals surface area contributed by atoms with Crippen molar-refractivity contribution >= 4 is 56.3 Å². The number of carboxylic acids is 2. The standard InChI is InChI=1S/C48H66N5O10.2C2H4O2.Lu/c1-7-35-36(8-2)40-28-42-38(12-10-14-55)34(4)46(53-42)32-50-44-30-48(63-26-24-61-22-20-59-18-16-57-6)47(62-25-23-60-21-19-58-17-15-56-5)29-43(44)49-31-45-33(3)37(11-9-13-54)41(52-45)27-39(35)51-40;2*1-2(3)4;/h27-32,54-55H,7-26H2,1-6H3;2*1H3,(H,3,4);/q-1;;;. The minimum Gasteiger partial charge on any atom is -0.657 e. The molecule has 0 spiro atoms. The second-order valence-electron chi connectivity index (χ2n) is 15.9. The first kappa shape index (κ1) is 63.7. The first-order chi connectivity index (χ1) is 34.3. The number of benzene rings is 1. The van der Waals surface area contributed by atoms with Crippen LogP contribution in [-0.4, -0.2) is 159 Å². The average molecular weight is 1170 g/mol. The molecule has 407 valence electrons. The Balaban J connectivity index is 0.00000183. The van der Waals surface area contributed by atoms with E-state index >= 15 is 0 Å². The van der Waals surface area contributed by atoms with Crippen molar-refractivity contribution in [1.82, 2.24) is 24.9 Å². The summed E-state index contributed by atoms with van der Waals surface area (Å²) in [6, 6.07) is 7.78. The van der Waals surface area contributed by atoms with Crippen LogP contribution in [0.4, 0.5) is 0 Å². The minimum atomic E-state index is -0.833. The first-order valence-electron chi connectivity index (χ1n) is 23.9. The normalized spacial score (nSPS) is 11.8. The van der Waals surface area contributed by atoms with E-state index in [1.807, 2.05) is 26.0 Å². The Morgan fingerprint density at radius 3 is 1.19 bits per heavy atom. The Morgan fingerprint density at radius 1 is 0.542 bits per heavy atom. The molecular weight excluding hydrogens is 1090 g/mol. The molecule has 1 radical (unpaired) electrons. The van der Waals surface area contributed by atoms with Gasteiger partial charge in [0.2, 0.25) is 0 Å². The van der Waals surface area contributed by atoms with Crippen LogP contribution in [0.2, 0.25) is 0 Å². The van der Waals surface area contributed by atoms with Gasteiger partial charge in [-0.2, -0.15) is 0 Å².